The van der Waals surface area contributed by atoms with E-state index in [2.05, 4.69) is 0 Å². The summed E-state index contributed by atoms with van der Waals surface area (Å²) in [7, 11) is -10.3. The van der Waals surface area contributed by atoms with Crippen molar-refractivity contribution in [3.05, 3.63) is 0 Å². The van der Waals surface area contributed by atoms with Gasteiger partial charge in [-0.05, 0) is 0 Å². The molecule has 0 aromatic carbocycles. The van der Waals surface area contributed by atoms with Gasteiger partial charge in [0.1, 0.15) is 0 Å². The zero-order valence-corrected chi connectivity index (χ0v) is 8.94. The number of hydrogen-bond donors (Lipinski definition) is 0. The molecule has 0 amide bonds. The van der Waals surface area contributed by atoms with Gasteiger partial charge in [-0.1, -0.05) is 0 Å². The minimum Gasteiger partial charge on any atom is -0.759 e. The first-order valence-electron chi connectivity index (χ1n) is 1.33. The van der Waals surface area contributed by atoms with Crippen LogP contribution in [0.1, 0.15) is 0 Å². The molecule has 0 heterocycles. The molecule has 0 saturated heterocycles. The van der Waals surface area contributed by atoms with Gasteiger partial charge in [0.2, 0.25) is 0 Å². The molecule has 77 valence electrons. The SMILES string of the molecule is O.O=S(=O)([O-])[O-].O=S(=O)([O-])[O-].[Ir+4]. The zero-order valence-electron chi connectivity index (χ0n) is 4.92. The minimum atomic E-state index is -5.17. The molecule has 0 fully saturated rings. The number of hydrogen-bond acceptors (Lipinski definition) is 8. The average molecular weight is 402 g/mol. The van der Waals surface area contributed by atoms with Crippen molar-refractivity contribution in [2.24, 2.45) is 0 Å². The van der Waals surface area contributed by atoms with E-state index in [4.69, 9.17) is 35.0 Å². The molecule has 0 aromatic rings. The van der Waals surface area contributed by atoms with E-state index in [0.29, 0.717) is 0 Å². The van der Waals surface area contributed by atoms with Crippen LogP contribution in [0, 0.1) is 0 Å². The molecule has 0 spiro atoms. The summed E-state index contributed by atoms with van der Waals surface area (Å²) in [5, 5.41) is 0. The zero-order chi connectivity index (χ0) is 9.00. The molecule has 0 bridgehead atoms. The van der Waals surface area contributed by atoms with Crippen LogP contribution in [0.5, 0.6) is 0 Å². The third-order valence-corrected chi connectivity index (χ3v) is 0. The van der Waals surface area contributed by atoms with Crippen LogP contribution in [-0.2, 0) is 40.9 Å². The van der Waals surface area contributed by atoms with Gasteiger partial charge in [-0.2, -0.15) is 0 Å². The van der Waals surface area contributed by atoms with Crippen molar-refractivity contribution < 1.29 is 60.6 Å². The molecule has 0 aliphatic carbocycles. The molecule has 0 aliphatic heterocycles. The van der Waals surface area contributed by atoms with Crippen LogP contribution in [0.25, 0.3) is 0 Å². The maximum absolute atomic E-state index is 8.52. The smallest absolute Gasteiger partial charge is 0.759 e. The maximum Gasteiger partial charge on any atom is 4.00 e. The van der Waals surface area contributed by atoms with E-state index in [1.807, 2.05) is 0 Å². The van der Waals surface area contributed by atoms with E-state index in [1.165, 1.54) is 0 Å². The molecule has 12 heavy (non-hydrogen) atoms. The van der Waals surface area contributed by atoms with E-state index in [0.717, 1.165) is 0 Å². The van der Waals surface area contributed by atoms with E-state index in [9.17, 15) is 0 Å². The van der Waals surface area contributed by atoms with Crippen molar-refractivity contribution in [2.75, 3.05) is 0 Å². The topological polar surface area (TPSA) is 192 Å². The molecule has 0 aromatic heterocycles. The summed E-state index contributed by atoms with van der Waals surface area (Å²) in [6, 6.07) is 0. The van der Waals surface area contributed by atoms with Gasteiger partial charge in [-0.3, -0.25) is 16.8 Å². The van der Waals surface area contributed by atoms with Gasteiger partial charge in [0.15, 0.2) is 0 Å². The summed E-state index contributed by atoms with van der Waals surface area (Å²) < 4.78 is 68.2. The molecule has 0 unspecified atom stereocenters. The third-order valence-electron chi connectivity index (χ3n) is 0. The van der Waals surface area contributed by atoms with Crippen LogP contribution in [0.15, 0.2) is 0 Å². The molecule has 0 atom stereocenters. The summed E-state index contributed by atoms with van der Waals surface area (Å²) in [4.78, 5) is 0. The Morgan fingerprint density at radius 3 is 0.667 bits per heavy atom. The fourth-order valence-corrected chi connectivity index (χ4v) is 0. The van der Waals surface area contributed by atoms with E-state index < -0.39 is 20.8 Å². The molecule has 0 rings (SSSR count). The summed E-state index contributed by atoms with van der Waals surface area (Å²) in [6.07, 6.45) is 0. The summed E-state index contributed by atoms with van der Waals surface area (Å²) in [5.74, 6) is 0. The summed E-state index contributed by atoms with van der Waals surface area (Å²) >= 11 is 0. The van der Waals surface area contributed by atoms with Crippen LogP contribution in [0.3, 0.4) is 0 Å². The Bertz CT molecular complexity index is 209. The molecule has 12 heteroatoms. The second-order valence-corrected chi connectivity index (χ2v) is 2.45. The second-order valence-electron chi connectivity index (χ2n) is 0.816. The van der Waals surface area contributed by atoms with Gasteiger partial charge >= 0.3 is 20.1 Å². The van der Waals surface area contributed by atoms with Crippen molar-refractivity contribution in [3.63, 3.8) is 0 Å². The first kappa shape index (κ1) is 22.8. The number of rotatable bonds is 0. The molecular formula is H2IrO9S2. The fourth-order valence-electron chi connectivity index (χ4n) is 0. The fraction of sp³-hybridized carbons (Fsp3) is 0. The molecule has 0 aliphatic rings. The second kappa shape index (κ2) is 7.97. The molecule has 1 radical (unpaired) electrons. The Labute approximate surface area is 81.6 Å². The predicted octanol–water partition coefficient (Wildman–Crippen LogP) is -3.50. The van der Waals surface area contributed by atoms with Crippen LogP contribution in [0.2, 0.25) is 0 Å². The third kappa shape index (κ3) is 7410. The molecule has 0 saturated carbocycles. The van der Waals surface area contributed by atoms with Crippen molar-refractivity contribution in [3.8, 4) is 0 Å². The largest absolute Gasteiger partial charge is 4.00 e. The van der Waals surface area contributed by atoms with Crippen LogP contribution in [-0.4, -0.2) is 40.5 Å². The standard InChI is InChI=1S/Ir.2H2O4S.H2O/c;2*1-5(2,3)4;/h;2*(H2,1,2,3,4);1H2/q+4;;;/p-4. The van der Waals surface area contributed by atoms with E-state index >= 15 is 0 Å². The normalized spacial score (nSPS) is 9.67. The Balaban J connectivity index is -0.0000000457. The monoisotopic (exact) mass is 403 g/mol. The van der Waals surface area contributed by atoms with Crippen molar-refractivity contribution in [1.29, 1.82) is 0 Å². The molecular weight excluding hydrogens is 400 g/mol. The first-order valence-corrected chi connectivity index (χ1v) is 4.00. The van der Waals surface area contributed by atoms with Gasteiger partial charge in [0, 0.05) is 20.8 Å². The van der Waals surface area contributed by atoms with Gasteiger partial charge < -0.3 is 23.7 Å². The van der Waals surface area contributed by atoms with Gasteiger partial charge in [0.05, 0.1) is 0 Å². The summed E-state index contributed by atoms with van der Waals surface area (Å²) in [5.41, 5.74) is 0. The van der Waals surface area contributed by atoms with Crippen molar-refractivity contribution in [1.82, 2.24) is 0 Å². The van der Waals surface area contributed by atoms with Crippen molar-refractivity contribution >= 4 is 20.8 Å². The van der Waals surface area contributed by atoms with E-state index in [1.54, 1.807) is 0 Å². The Hall–Kier alpha value is 0.349. The van der Waals surface area contributed by atoms with Gasteiger partial charge in [-0.25, -0.2) is 0 Å². The van der Waals surface area contributed by atoms with Gasteiger partial charge in [0.25, 0.3) is 0 Å². The first-order chi connectivity index (χ1) is 4.00. The van der Waals surface area contributed by atoms with Crippen LogP contribution >= 0.6 is 0 Å². The molecule has 2 N–H and O–H groups in total. The van der Waals surface area contributed by atoms with Gasteiger partial charge in [-0.15, -0.1) is 0 Å². The molecule has 9 nitrogen and oxygen atoms in total. The Kier molecular flexibility index (Phi) is 15.2. The summed E-state index contributed by atoms with van der Waals surface area (Å²) in [6.45, 7) is 0. The van der Waals surface area contributed by atoms with E-state index in [-0.39, 0.29) is 25.6 Å². The average Bonchev–Trinajstić information content (AvgIpc) is 1.12. The predicted molar refractivity (Wildman–Crippen MR) is 24.6 cm³/mol. The minimum absolute atomic E-state index is 0. The Morgan fingerprint density at radius 2 is 0.667 bits per heavy atom. The quantitative estimate of drug-likeness (QED) is 0.294. The Morgan fingerprint density at radius 1 is 0.667 bits per heavy atom. The van der Waals surface area contributed by atoms with Crippen molar-refractivity contribution in [2.45, 2.75) is 0 Å². The van der Waals surface area contributed by atoms with Crippen LogP contribution < -0.4 is 0 Å². The maximum atomic E-state index is 8.52. The van der Waals surface area contributed by atoms with Crippen LogP contribution in [0.4, 0.5) is 0 Å².